The maximum absolute atomic E-state index is 12.1. The Bertz CT molecular complexity index is 604. The quantitative estimate of drug-likeness (QED) is 0.883. The van der Waals surface area contributed by atoms with Crippen LogP contribution in [-0.4, -0.2) is 20.9 Å². The molecule has 1 amide bonds. The van der Waals surface area contributed by atoms with Gasteiger partial charge >= 0.3 is 0 Å². The number of nitrogen functional groups attached to an aromatic ring is 1. The maximum atomic E-state index is 12.1. The molecule has 0 saturated heterocycles. The molecule has 0 unspecified atom stereocenters. The van der Waals surface area contributed by atoms with Gasteiger partial charge in [0.1, 0.15) is 5.69 Å². The number of nitrogens with one attached hydrogen (secondary N) is 1. The number of carbonyl (C=O) groups excluding carboxylic acids is 1. The van der Waals surface area contributed by atoms with Crippen LogP contribution in [0.5, 0.6) is 0 Å². The van der Waals surface area contributed by atoms with E-state index in [-0.39, 0.29) is 23.6 Å². The van der Waals surface area contributed by atoms with Crippen molar-refractivity contribution in [3.8, 4) is 0 Å². The van der Waals surface area contributed by atoms with Gasteiger partial charge in [-0.15, -0.1) is 0 Å². The van der Waals surface area contributed by atoms with E-state index in [4.69, 9.17) is 5.73 Å². The molecule has 0 radical (unpaired) electrons. The SMILES string of the molecule is Cc1ccc([C@H](C)NC(=O)c2cc(C)nc(N)n2)cn1. The molecule has 2 rings (SSSR count). The minimum atomic E-state index is -0.282. The van der Waals surface area contributed by atoms with Gasteiger partial charge in [0.25, 0.3) is 5.91 Å². The van der Waals surface area contributed by atoms with Crippen LogP contribution in [0.25, 0.3) is 0 Å². The van der Waals surface area contributed by atoms with Gasteiger partial charge in [-0.3, -0.25) is 9.78 Å². The molecule has 3 N–H and O–H groups in total. The van der Waals surface area contributed by atoms with Crippen LogP contribution in [0.15, 0.2) is 24.4 Å². The van der Waals surface area contributed by atoms with Crippen LogP contribution in [0, 0.1) is 13.8 Å². The zero-order chi connectivity index (χ0) is 14.7. The first-order valence-electron chi connectivity index (χ1n) is 6.30. The van der Waals surface area contributed by atoms with Crippen LogP contribution in [0.1, 0.15) is 40.4 Å². The Morgan fingerprint density at radius 3 is 2.60 bits per heavy atom. The molecule has 0 fully saturated rings. The van der Waals surface area contributed by atoms with Crippen molar-refractivity contribution in [3.05, 3.63) is 47.0 Å². The van der Waals surface area contributed by atoms with E-state index in [1.54, 1.807) is 19.2 Å². The lowest BCUT2D eigenvalue weighted by molar-refractivity contribution is 0.0934. The number of aryl methyl sites for hydroxylation is 2. The van der Waals surface area contributed by atoms with E-state index in [0.717, 1.165) is 11.3 Å². The zero-order valence-electron chi connectivity index (χ0n) is 11.7. The highest BCUT2D eigenvalue weighted by molar-refractivity contribution is 5.92. The van der Waals surface area contributed by atoms with E-state index in [9.17, 15) is 4.79 Å². The Kier molecular flexibility index (Phi) is 3.93. The molecule has 0 aromatic carbocycles. The number of rotatable bonds is 3. The molecule has 0 saturated carbocycles. The van der Waals surface area contributed by atoms with Crippen LogP contribution in [0.4, 0.5) is 5.95 Å². The maximum Gasteiger partial charge on any atom is 0.270 e. The summed E-state index contributed by atoms with van der Waals surface area (Å²) in [6, 6.07) is 5.29. The second kappa shape index (κ2) is 5.64. The Balaban J connectivity index is 2.12. The molecule has 104 valence electrons. The summed E-state index contributed by atoms with van der Waals surface area (Å²) in [4.78, 5) is 24.2. The van der Waals surface area contributed by atoms with Crippen molar-refractivity contribution in [1.82, 2.24) is 20.3 Å². The van der Waals surface area contributed by atoms with Crippen LogP contribution in [-0.2, 0) is 0 Å². The summed E-state index contributed by atoms with van der Waals surface area (Å²) in [5.74, 6) is -0.185. The summed E-state index contributed by atoms with van der Waals surface area (Å²) in [5.41, 5.74) is 8.34. The lowest BCUT2D eigenvalue weighted by atomic mass is 10.1. The minimum Gasteiger partial charge on any atom is -0.368 e. The number of aromatic nitrogens is 3. The molecule has 2 aromatic heterocycles. The highest BCUT2D eigenvalue weighted by atomic mass is 16.1. The summed E-state index contributed by atoms with van der Waals surface area (Å²) >= 11 is 0. The number of anilines is 1. The van der Waals surface area contributed by atoms with Crippen LogP contribution < -0.4 is 11.1 Å². The number of nitrogens with two attached hydrogens (primary N) is 1. The lowest BCUT2D eigenvalue weighted by Gasteiger charge is -2.14. The number of carbonyl (C=O) groups is 1. The highest BCUT2D eigenvalue weighted by Crippen LogP contribution is 2.12. The largest absolute Gasteiger partial charge is 0.368 e. The van der Waals surface area contributed by atoms with Gasteiger partial charge in [0.15, 0.2) is 0 Å². The second-order valence-corrected chi connectivity index (χ2v) is 4.68. The average Bonchev–Trinajstić information content (AvgIpc) is 2.38. The van der Waals surface area contributed by atoms with E-state index in [0.29, 0.717) is 5.69 Å². The fourth-order valence-electron chi connectivity index (χ4n) is 1.80. The third-order valence-electron chi connectivity index (χ3n) is 2.89. The number of hydrogen-bond donors (Lipinski definition) is 2. The summed E-state index contributed by atoms with van der Waals surface area (Å²) < 4.78 is 0. The van der Waals surface area contributed by atoms with Gasteiger partial charge in [-0.2, -0.15) is 0 Å². The molecule has 0 bridgehead atoms. The third-order valence-corrected chi connectivity index (χ3v) is 2.89. The van der Waals surface area contributed by atoms with Crippen molar-refractivity contribution in [1.29, 1.82) is 0 Å². The van der Waals surface area contributed by atoms with Crippen LogP contribution in [0.2, 0.25) is 0 Å². The standard InChI is InChI=1S/C14H17N5O/c1-8-4-5-11(7-16-8)10(3)18-13(20)12-6-9(2)17-14(15)19-12/h4-7,10H,1-3H3,(H,18,20)(H2,15,17,19)/t10-/m0/s1. The van der Waals surface area contributed by atoms with Crippen molar-refractivity contribution in [2.24, 2.45) is 0 Å². The van der Waals surface area contributed by atoms with Gasteiger partial charge in [-0.25, -0.2) is 9.97 Å². The summed E-state index contributed by atoms with van der Waals surface area (Å²) in [6.07, 6.45) is 1.75. The second-order valence-electron chi connectivity index (χ2n) is 4.68. The van der Waals surface area contributed by atoms with Gasteiger partial charge in [-0.05, 0) is 38.5 Å². The number of hydrogen-bond acceptors (Lipinski definition) is 5. The molecule has 0 aliphatic heterocycles. The fraction of sp³-hybridized carbons (Fsp3) is 0.286. The van der Waals surface area contributed by atoms with E-state index < -0.39 is 0 Å². The van der Waals surface area contributed by atoms with Crippen LogP contribution in [0.3, 0.4) is 0 Å². The number of nitrogens with zero attached hydrogens (tertiary/aromatic N) is 3. The Labute approximate surface area is 117 Å². The Morgan fingerprint density at radius 2 is 2.00 bits per heavy atom. The lowest BCUT2D eigenvalue weighted by Crippen LogP contribution is -2.28. The summed E-state index contributed by atoms with van der Waals surface area (Å²) in [7, 11) is 0. The molecule has 0 aliphatic rings. The molecule has 2 heterocycles. The average molecular weight is 271 g/mol. The Morgan fingerprint density at radius 1 is 1.25 bits per heavy atom. The van der Waals surface area contributed by atoms with E-state index in [2.05, 4.69) is 20.3 Å². The van der Waals surface area contributed by atoms with E-state index in [1.807, 2.05) is 26.0 Å². The smallest absolute Gasteiger partial charge is 0.270 e. The monoisotopic (exact) mass is 271 g/mol. The van der Waals surface area contributed by atoms with Crippen molar-refractivity contribution >= 4 is 11.9 Å². The molecule has 0 spiro atoms. The van der Waals surface area contributed by atoms with Gasteiger partial charge < -0.3 is 11.1 Å². The van der Waals surface area contributed by atoms with Crippen molar-refractivity contribution in [3.63, 3.8) is 0 Å². The first-order chi connectivity index (χ1) is 9.45. The molecule has 6 heteroatoms. The van der Waals surface area contributed by atoms with Gasteiger partial charge in [-0.1, -0.05) is 6.07 Å². The predicted molar refractivity (Wildman–Crippen MR) is 76.0 cm³/mol. The van der Waals surface area contributed by atoms with Crippen molar-refractivity contribution in [2.75, 3.05) is 5.73 Å². The first-order valence-corrected chi connectivity index (χ1v) is 6.30. The van der Waals surface area contributed by atoms with Crippen molar-refractivity contribution < 1.29 is 4.79 Å². The topological polar surface area (TPSA) is 93.8 Å². The van der Waals surface area contributed by atoms with Crippen LogP contribution >= 0.6 is 0 Å². The summed E-state index contributed by atoms with van der Waals surface area (Å²) in [5, 5.41) is 2.86. The minimum absolute atomic E-state index is 0.0970. The van der Waals surface area contributed by atoms with Gasteiger partial charge in [0.2, 0.25) is 5.95 Å². The van der Waals surface area contributed by atoms with E-state index in [1.165, 1.54) is 0 Å². The Hall–Kier alpha value is -2.50. The highest BCUT2D eigenvalue weighted by Gasteiger charge is 2.14. The predicted octanol–water partition coefficient (Wildman–Crippen LogP) is 1.56. The first kappa shape index (κ1) is 13.9. The molecule has 6 nitrogen and oxygen atoms in total. The number of pyridine rings is 1. The van der Waals surface area contributed by atoms with Crippen molar-refractivity contribution in [2.45, 2.75) is 26.8 Å². The molecular formula is C14H17N5O. The fourth-order valence-corrected chi connectivity index (χ4v) is 1.80. The van der Waals surface area contributed by atoms with E-state index >= 15 is 0 Å². The molecular weight excluding hydrogens is 254 g/mol. The molecule has 2 aromatic rings. The summed E-state index contributed by atoms with van der Waals surface area (Å²) in [6.45, 7) is 5.57. The van der Waals surface area contributed by atoms with Gasteiger partial charge in [0.05, 0.1) is 6.04 Å². The normalized spacial score (nSPS) is 11.9. The molecule has 0 aliphatic carbocycles. The number of amides is 1. The molecule has 20 heavy (non-hydrogen) atoms. The zero-order valence-corrected chi connectivity index (χ0v) is 11.7. The third kappa shape index (κ3) is 3.28. The van der Waals surface area contributed by atoms with Gasteiger partial charge in [0, 0.05) is 17.6 Å². The molecule has 1 atom stereocenters.